The van der Waals surface area contributed by atoms with Crippen LogP contribution in [0.25, 0.3) is 0 Å². The number of aromatic nitrogens is 1. The Hall–Kier alpha value is -3.21. The van der Waals surface area contributed by atoms with Crippen LogP contribution in [-0.2, 0) is 17.6 Å². The van der Waals surface area contributed by atoms with E-state index in [9.17, 15) is 19.8 Å². The number of hydrogen-bond donors (Lipinski definition) is 6. The van der Waals surface area contributed by atoms with Gasteiger partial charge in [-0.15, -0.1) is 0 Å². The van der Waals surface area contributed by atoms with Crippen molar-refractivity contribution in [3.05, 3.63) is 66.0 Å². The maximum absolute atomic E-state index is 12.3. The van der Waals surface area contributed by atoms with Crippen LogP contribution < -0.4 is 16.0 Å². The molecule has 6 N–H and O–H groups in total. The normalized spacial score (nSPS) is 14.9. The van der Waals surface area contributed by atoms with Crippen molar-refractivity contribution in [3.8, 4) is 0 Å². The summed E-state index contributed by atoms with van der Waals surface area (Å²) in [6, 6.07) is 11.5. The van der Waals surface area contributed by atoms with Crippen molar-refractivity contribution in [1.29, 1.82) is 0 Å². The summed E-state index contributed by atoms with van der Waals surface area (Å²) >= 11 is 0. The third kappa shape index (κ3) is 11.2. The highest BCUT2D eigenvalue weighted by Gasteiger charge is 2.26. The molecule has 0 aliphatic rings. The van der Waals surface area contributed by atoms with Gasteiger partial charge in [0.15, 0.2) is 0 Å². The predicted molar refractivity (Wildman–Crippen MR) is 131 cm³/mol. The molecule has 0 aliphatic heterocycles. The first-order valence-corrected chi connectivity index (χ1v) is 11.5. The van der Waals surface area contributed by atoms with Gasteiger partial charge in [-0.05, 0) is 56.9 Å². The number of aliphatic hydroxyl groups is 2. The molecule has 0 saturated heterocycles. The lowest BCUT2D eigenvalue weighted by molar-refractivity contribution is 0.0416. The first-order chi connectivity index (χ1) is 16.5. The highest BCUT2D eigenvalue weighted by molar-refractivity contribution is 5.68. The van der Waals surface area contributed by atoms with Crippen molar-refractivity contribution < 1.29 is 29.6 Å². The summed E-state index contributed by atoms with van der Waals surface area (Å²) in [6.45, 7) is 5.35. The summed E-state index contributed by atoms with van der Waals surface area (Å²) in [5.41, 5.74) is 1.06. The van der Waals surface area contributed by atoms with Crippen molar-refractivity contribution in [3.63, 3.8) is 0 Å². The van der Waals surface area contributed by atoms with Crippen molar-refractivity contribution in [1.82, 2.24) is 20.9 Å². The van der Waals surface area contributed by atoms with Crippen molar-refractivity contribution >= 4 is 12.2 Å². The van der Waals surface area contributed by atoms with E-state index in [-0.39, 0.29) is 19.5 Å². The molecule has 1 unspecified atom stereocenters. The van der Waals surface area contributed by atoms with Gasteiger partial charge in [0.05, 0.1) is 24.3 Å². The maximum atomic E-state index is 12.3. The molecule has 2 aromatic rings. The highest BCUT2D eigenvalue weighted by Crippen LogP contribution is 2.11. The molecule has 10 nitrogen and oxygen atoms in total. The van der Waals surface area contributed by atoms with Gasteiger partial charge in [0.1, 0.15) is 5.60 Å². The zero-order valence-electron chi connectivity index (χ0n) is 20.3. The number of carboxylic acid groups (broad SMARTS) is 1. The Balaban J connectivity index is 1.97. The molecule has 0 spiro atoms. The minimum atomic E-state index is -1.24. The highest BCUT2D eigenvalue weighted by atomic mass is 16.6. The molecule has 1 aromatic heterocycles. The summed E-state index contributed by atoms with van der Waals surface area (Å²) in [5.74, 6) is 0. The minimum Gasteiger partial charge on any atom is -0.465 e. The van der Waals surface area contributed by atoms with E-state index in [0.29, 0.717) is 6.42 Å². The van der Waals surface area contributed by atoms with E-state index in [1.807, 2.05) is 30.3 Å². The number of carbonyl (C=O) groups is 2. The summed E-state index contributed by atoms with van der Waals surface area (Å²) in [6.07, 6.45) is -0.0994. The Morgan fingerprint density at radius 1 is 0.886 bits per heavy atom. The number of amides is 2. The number of alkyl carbamates (subject to hydrolysis) is 1. The third-order valence-corrected chi connectivity index (χ3v) is 5.15. The Morgan fingerprint density at radius 2 is 1.40 bits per heavy atom. The molecule has 0 radical (unpaired) electrons. The second kappa shape index (κ2) is 13.6. The van der Waals surface area contributed by atoms with Gasteiger partial charge in [0.2, 0.25) is 0 Å². The van der Waals surface area contributed by atoms with E-state index < -0.39 is 42.1 Å². The van der Waals surface area contributed by atoms with Gasteiger partial charge in [-0.1, -0.05) is 30.3 Å². The molecule has 10 heteroatoms. The van der Waals surface area contributed by atoms with E-state index in [0.717, 1.165) is 11.1 Å². The van der Waals surface area contributed by atoms with Gasteiger partial charge in [0, 0.05) is 25.5 Å². The van der Waals surface area contributed by atoms with Gasteiger partial charge in [-0.2, -0.15) is 0 Å². The molecule has 35 heavy (non-hydrogen) atoms. The number of hydrogen-bond acceptors (Lipinski definition) is 7. The Labute approximate surface area is 205 Å². The van der Waals surface area contributed by atoms with Crippen LogP contribution in [0.2, 0.25) is 0 Å². The number of rotatable bonds is 12. The van der Waals surface area contributed by atoms with E-state index in [1.165, 1.54) is 0 Å². The SMILES string of the molecule is CC(C)(C)OC(=O)N[C@@H](Cc1ccccc1)C(O)CNC[C@@H](O)[C@H](Cc1ccncc1)NC(=O)O. The lowest BCUT2D eigenvalue weighted by Crippen LogP contribution is -2.52. The lowest BCUT2D eigenvalue weighted by Gasteiger charge is -2.28. The molecule has 1 aromatic carbocycles. The zero-order valence-corrected chi connectivity index (χ0v) is 20.3. The van der Waals surface area contributed by atoms with Crippen LogP contribution >= 0.6 is 0 Å². The van der Waals surface area contributed by atoms with Crippen LogP contribution in [-0.4, -0.2) is 75.5 Å². The molecular formula is C25H36N4O6. The number of nitrogens with zero attached hydrogens (tertiary/aromatic N) is 1. The van der Waals surface area contributed by atoms with Gasteiger partial charge in [0.25, 0.3) is 0 Å². The number of nitrogens with one attached hydrogen (secondary N) is 3. The van der Waals surface area contributed by atoms with Gasteiger partial charge >= 0.3 is 12.2 Å². The maximum Gasteiger partial charge on any atom is 0.407 e. The van der Waals surface area contributed by atoms with Crippen LogP contribution in [0.4, 0.5) is 9.59 Å². The zero-order chi connectivity index (χ0) is 25.8. The largest absolute Gasteiger partial charge is 0.465 e. The molecule has 0 bridgehead atoms. The van der Waals surface area contributed by atoms with Crippen molar-refractivity contribution in [2.24, 2.45) is 0 Å². The molecule has 0 saturated carbocycles. The first-order valence-electron chi connectivity index (χ1n) is 11.5. The van der Waals surface area contributed by atoms with Crippen LogP contribution in [0.1, 0.15) is 31.9 Å². The third-order valence-electron chi connectivity index (χ3n) is 5.15. The summed E-state index contributed by atoms with van der Waals surface area (Å²) in [4.78, 5) is 27.5. The molecule has 192 valence electrons. The van der Waals surface area contributed by atoms with Gasteiger partial charge in [-0.3, -0.25) is 4.98 Å². The van der Waals surface area contributed by atoms with E-state index in [1.54, 1.807) is 45.3 Å². The fraction of sp³-hybridized carbons (Fsp3) is 0.480. The number of carbonyl (C=O) groups excluding carboxylic acids is 1. The van der Waals surface area contributed by atoms with Crippen molar-refractivity contribution in [2.45, 2.75) is 63.5 Å². The number of aliphatic hydroxyl groups excluding tert-OH is 2. The summed E-state index contributed by atoms with van der Waals surface area (Å²) in [5, 5.41) is 38.6. The lowest BCUT2D eigenvalue weighted by atomic mass is 10.0. The summed E-state index contributed by atoms with van der Waals surface area (Å²) < 4.78 is 5.33. The Bertz CT molecular complexity index is 907. The van der Waals surface area contributed by atoms with E-state index >= 15 is 0 Å². The fourth-order valence-electron chi connectivity index (χ4n) is 3.49. The standard InChI is InChI=1S/C25H36N4O6/c1-25(2,3)35-24(34)29-20(13-17-7-5-4-6-8-17)22(31)16-27-15-21(30)19(28-23(32)33)14-18-9-11-26-12-10-18/h4-12,19-22,27-28,30-31H,13-16H2,1-3H3,(H,29,34)(H,32,33)/t19-,20-,21+,22?/m0/s1. The van der Waals surface area contributed by atoms with E-state index in [2.05, 4.69) is 20.9 Å². The monoisotopic (exact) mass is 488 g/mol. The Morgan fingerprint density at radius 3 is 1.91 bits per heavy atom. The first kappa shape index (κ1) is 28.0. The van der Waals surface area contributed by atoms with Crippen molar-refractivity contribution in [2.75, 3.05) is 13.1 Å². The fourth-order valence-corrected chi connectivity index (χ4v) is 3.49. The molecule has 1 heterocycles. The quantitative estimate of drug-likeness (QED) is 0.264. The average molecular weight is 489 g/mol. The van der Waals surface area contributed by atoms with E-state index in [4.69, 9.17) is 9.84 Å². The molecule has 4 atom stereocenters. The van der Waals surface area contributed by atoms with Crippen LogP contribution in [0.3, 0.4) is 0 Å². The van der Waals surface area contributed by atoms with Crippen LogP contribution in [0.5, 0.6) is 0 Å². The topological polar surface area (TPSA) is 153 Å². The van der Waals surface area contributed by atoms with Gasteiger partial charge in [-0.25, -0.2) is 9.59 Å². The van der Waals surface area contributed by atoms with Crippen LogP contribution in [0, 0.1) is 0 Å². The minimum absolute atomic E-state index is 0.0254. The molecule has 2 amide bonds. The number of benzene rings is 1. The Kier molecular flexibility index (Phi) is 10.9. The number of ether oxygens (including phenoxy) is 1. The molecule has 0 fully saturated rings. The summed E-state index contributed by atoms with van der Waals surface area (Å²) in [7, 11) is 0. The average Bonchev–Trinajstić information content (AvgIpc) is 2.78. The number of pyridine rings is 1. The second-order valence-corrected chi connectivity index (χ2v) is 9.35. The molecule has 2 rings (SSSR count). The van der Waals surface area contributed by atoms with Gasteiger partial charge < -0.3 is 36.0 Å². The second-order valence-electron chi connectivity index (χ2n) is 9.35. The van der Waals surface area contributed by atoms with Crippen LogP contribution in [0.15, 0.2) is 54.9 Å². The molecule has 0 aliphatic carbocycles. The smallest absolute Gasteiger partial charge is 0.407 e. The predicted octanol–water partition coefficient (Wildman–Crippen LogP) is 1.71. The molecular weight excluding hydrogens is 452 g/mol.